The Balaban J connectivity index is 0. The molecule has 0 saturated heterocycles. The van der Waals surface area contributed by atoms with E-state index in [0.29, 0.717) is 0 Å². The van der Waals surface area contributed by atoms with Crippen molar-refractivity contribution < 1.29 is 93.8 Å². The van der Waals surface area contributed by atoms with E-state index in [2.05, 4.69) is 0 Å². The Morgan fingerprint density at radius 1 is 0.750 bits per heavy atom. The summed E-state index contributed by atoms with van der Waals surface area (Å²) in [5.41, 5.74) is -1.43. The molecule has 124 valence electrons. The first-order chi connectivity index (χ1) is 10.3. The molecule has 0 fully saturated rings. The van der Waals surface area contributed by atoms with Crippen molar-refractivity contribution in [3.05, 3.63) is 48.0 Å². The molecule has 0 radical (unpaired) electrons. The minimum absolute atomic E-state index is 0. The molecule has 0 atom stereocenters. The third kappa shape index (κ3) is 7.09. The maximum atomic E-state index is 12.6. The van der Waals surface area contributed by atoms with Crippen LogP contribution in [0.4, 0.5) is 17.4 Å². The number of phenols is 2. The van der Waals surface area contributed by atoms with E-state index in [9.17, 15) is 17.4 Å². The number of benzene rings is 2. The van der Waals surface area contributed by atoms with Crippen molar-refractivity contribution in [2.45, 2.75) is 0 Å². The van der Waals surface area contributed by atoms with E-state index >= 15 is 0 Å². The molecule has 0 spiro atoms. The average molecular weight is 374 g/mol. The van der Waals surface area contributed by atoms with Crippen LogP contribution in [0.15, 0.2) is 36.4 Å². The van der Waals surface area contributed by atoms with Gasteiger partial charge in [-0.3, -0.25) is 8.63 Å². The average Bonchev–Trinajstić information content (AvgIpc) is 2.38. The topological polar surface area (TPSA) is 80.9 Å². The number of rotatable bonds is 2. The van der Waals surface area contributed by atoms with Crippen LogP contribution in [0, 0.1) is 11.6 Å². The maximum absolute atomic E-state index is 12.6. The van der Waals surface area contributed by atoms with Crippen LogP contribution in [0.3, 0.4) is 0 Å². The summed E-state index contributed by atoms with van der Waals surface area (Å²) in [6.45, 7) is 0. The normalized spacial score (nSPS) is 8.92. The summed E-state index contributed by atoms with van der Waals surface area (Å²) >= 11 is 0. The molecule has 0 aliphatic rings. The zero-order chi connectivity index (χ0) is 16.9. The van der Waals surface area contributed by atoms with Gasteiger partial charge in [0, 0.05) is 0 Å². The van der Waals surface area contributed by atoms with Crippen LogP contribution in [0.5, 0.6) is 11.5 Å². The second-order valence-corrected chi connectivity index (χ2v) is 4.02. The molecule has 0 bridgehead atoms. The van der Waals surface area contributed by atoms with Gasteiger partial charge in [-0.05, 0) is 24.3 Å². The predicted molar refractivity (Wildman–Crippen MR) is 73.6 cm³/mol. The Hall–Kier alpha value is -0.624. The van der Waals surface area contributed by atoms with E-state index in [1.807, 2.05) is 0 Å². The number of hydrogen-bond donors (Lipinski definition) is 4. The molecular formula is C12H10B2F5KO4. The van der Waals surface area contributed by atoms with E-state index in [-0.39, 0.29) is 56.1 Å². The van der Waals surface area contributed by atoms with E-state index in [4.69, 9.17) is 20.3 Å². The zero-order valence-electron chi connectivity index (χ0n) is 12.3. The van der Waals surface area contributed by atoms with Crippen molar-refractivity contribution >= 4 is 25.3 Å². The quantitative estimate of drug-likeness (QED) is 0.312. The summed E-state index contributed by atoms with van der Waals surface area (Å²) in [5.74, 6) is -3.08. The Bertz CT molecular complexity index is 553. The van der Waals surface area contributed by atoms with Crippen LogP contribution >= 0.6 is 0 Å². The van der Waals surface area contributed by atoms with Gasteiger partial charge >= 0.3 is 65.8 Å². The van der Waals surface area contributed by atoms with Gasteiger partial charge in [-0.1, -0.05) is 12.1 Å². The summed E-state index contributed by atoms with van der Waals surface area (Å²) in [7, 11) is -4.95. The Kier molecular flexibility index (Phi) is 12.6. The molecule has 4 nitrogen and oxygen atoms in total. The molecule has 0 unspecified atom stereocenters. The Morgan fingerprint density at radius 3 is 1.33 bits per heavy atom. The van der Waals surface area contributed by atoms with Crippen LogP contribution < -0.4 is 67.0 Å². The first-order valence-electron chi connectivity index (χ1n) is 5.84. The third-order valence-corrected chi connectivity index (χ3v) is 2.54. The first kappa shape index (κ1) is 25.6. The Labute approximate surface area is 177 Å². The first-order valence-corrected chi connectivity index (χ1v) is 5.84. The van der Waals surface area contributed by atoms with Crippen LogP contribution in [-0.2, 0) is 0 Å². The second kappa shape index (κ2) is 11.8. The van der Waals surface area contributed by atoms with Crippen LogP contribution in [-0.4, -0.2) is 34.6 Å². The van der Waals surface area contributed by atoms with Gasteiger partial charge in [0.15, 0.2) is 0 Å². The number of phenolic OH excluding ortho intramolecular Hbond substituents is 2. The maximum Gasteiger partial charge on any atom is 1.00 e. The molecule has 0 aromatic heterocycles. The van der Waals surface area contributed by atoms with Crippen LogP contribution in [0.25, 0.3) is 0 Å². The Morgan fingerprint density at radius 2 is 1.12 bits per heavy atom. The minimum atomic E-state index is -2.98. The number of aromatic hydroxyl groups is 2. The predicted octanol–water partition coefficient (Wildman–Crippen LogP) is -5.62. The SMILES string of the molecule is OB(O)c1c(O)cccc1F.Oc1cccc(F)c1B(F)F.[F-].[K+]. The molecule has 0 aliphatic carbocycles. The summed E-state index contributed by atoms with van der Waals surface area (Å²) in [4.78, 5) is 0. The van der Waals surface area contributed by atoms with Gasteiger partial charge < -0.3 is 25.0 Å². The van der Waals surface area contributed by atoms with Gasteiger partial charge in [-0.15, -0.1) is 0 Å². The van der Waals surface area contributed by atoms with Gasteiger partial charge in [0.25, 0.3) is 0 Å². The van der Waals surface area contributed by atoms with Crippen LogP contribution in [0.1, 0.15) is 0 Å². The summed E-state index contributed by atoms with van der Waals surface area (Å²) in [6.07, 6.45) is 0. The van der Waals surface area contributed by atoms with E-state index in [0.717, 1.165) is 24.3 Å². The summed E-state index contributed by atoms with van der Waals surface area (Å²) in [6, 6.07) is 6.55. The summed E-state index contributed by atoms with van der Waals surface area (Å²) < 4.78 is 48.9. The smallest absolute Gasteiger partial charge is 1.00 e. The van der Waals surface area contributed by atoms with Gasteiger partial charge in [0.2, 0.25) is 0 Å². The van der Waals surface area contributed by atoms with Gasteiger partial charge in [0.05, 0.1) is 10.9 Å². The van der Waals surface area contributed by atoms with E-state index in [1.54, 1.807) is 0 Å². The van der Waals surface area contributed by atoms with E-state index < -0.39 is 48.4 Å². The molecule has 2 aromatic rings. The zero-order valence-corrected chi connectivity index (χ0v) is 15.4. The fourth-order valence-corrected chi connectivity index (χ4v) is 1.52. The third-order valence-electron chi connectivity index (χ3n) is 2.54. The van der Waals surface area contributed by atoms with Crippen molar-refractivity contribution in [2.75, 3.05) is 0 Å². The fraction of sp³-hybridized carbons (Fsp3) is 0. The van der Waals surface area contributed by atoms with Gasteiger partial charge in [-0.2, -0.15) is 0 Å². The van der Waals surface area contributed by atoms with Crippen molar-refractivity contribution in [3.8, 4) is 11.5 Å². The molecule has 0 saturated carbocycles. The van der Waals surface area contributed by atoms with Crippen molar-refractivity contribution in [1.29, 1.82) is 0 Å². The van der Waals surface area contributed by atoms with Gasteiger partial charge in [0.1, 0.15) is 23.1 Å². The van der Waals surface area contributed by atoms with Gasteiger partial charge in [-0.25, -0.2) is 8.78 Å². The molecule has 24 heavy (non-hydrogen) atoms. The molecule has 2 rings (SSSR count). The van der Waals surface area contributed by atoms with E-state index in [1.165, 1.54) is 12.1 Å². The minimum Gasteiger partial charge on any atom is -1.00 e. The second-order valence-electron chi connectivity index (χ2n) is 4.02. The summed E-state index contributed by atoms with van der Waals surface area (Å²) in [5, 5.41) is 34.7. The molecule has 12 heteroatoms. The standard InChI is InChI=1S/C6H4BF3O.C6H6BFO3.FH.K/c8-4-2-1-3-5(11)6(4)7(9)10;8-4-2-1-3-5(9)6(4)7(10)11;;/h1-3,11H;1-3,9-11H;1H;/q;;;+1/p-1. The van der Waals surface area contributed by atoms with Crippen molar-refractivity contribution in [3.63, 3.8) is 0 Å². The van der Waals surface area contributed by atoms with Crippen molar-refractivity contribution in [2.24, 2.45) is 0 Å². The molecular weight excluding hydrogens is 364 g/mol. The molecule has 0 heterocycles. The largest absolute Gasteiger partial charge is 1.00 e. The number of halogens is 5. The van der Waals surface area contributed by atoms with Crippen molar-refractivity contribution in [1.82, 2.24) is 0 Å². The molecule has 2 aromatic carbocycles. The monoisotopic (exact) mass is 374 g/mol. The molecule has 0 aliphatic heterocycles. The fourth-order valence-electron chi connectivity index (χ4n) is 1.52. The number of hydrogen-bond acceptors (Lipinski definition) is 4. The molecule has 0 amide bonds. The molecule has 4 N–H and O–H groups in total. The van der Waals surface area contributed by atoms with Crippen LogP contribution in [0.2, 0.25) is 0 Å².